The van der Waals surface area contributed by atoms with Crippen molar-refractivity contribution < 1.29 is 24.0 Å². The summed E-state index contributed by atoms with van der Waals surface area (Å²) in [4.78, 5) is 37.3. The summed E-state index contributed by atoms with van der Waals surface area (Å²) in [6.45, 7) is 0. The van der Waals surface area contributed by atoms with E-state index in [1.807, 2.05) is 71.3 Å². The van der Waals surface area contributed by atoms with E-state index in [1.165, 1.54) is 18.2 Å². The van der Waals surface area contributed by atoms with Crippen LogP contribution in [0.25, 0.3) is 34.3 Å². The number of non-ortho nitro benzene ring substituents is 1. The number of nitro benzene ring substituents is 1. The molecule has 1 aliphatic heterocycles. The topological polar surface area (TPSA) is 101 Å². The largest absolute Gasteiger partial charge is 0.419 e. The Bertz CT molecular complexity index is 1590. The second-order valence-electron chi connectivity index (χ2n) is 9.98. The molecule has 8 nitrogen and oxygen atoms in total. The third-order valence-corrected chi connectivity index (χ3v) is 7.38. The van der Waals surface area contributed by atoms with Gasteiger partial charge in [-0.1, -0.05) is 67.1 Å². The van der Waals surface area contributed by atoms with Gasteiger partial charge in [0.05, 0.1) is 16.3 Å². The van der Waals surface area contributed by atoms with E-state index in [4.69, 9.17) is 9.47 Å². The van der Waals surface area contributed by atoms with Crippen LogP contribution in [0.2, 0.25) is 0 Å². The zero-order chi connectivity index (χ0) is 27.7. The molecule has 2 fully saturated rings. The number of rotatable bonds is 5. The van der Waals surface area contributed by atoms with Gasteiger partial charge in [0, 0.05) is 36.2 Å². The van der Waals surface area contributed by atoms with Crippen LogP contribution < -0.4 is 0 Å². The van der Waals surface area contributed by atoms with Gasteiger partial charge in [-0.05, 0) is 48.2 Å². The number of nitro groups is 1. The average molecular weight is 535 g/mol. The molecule has 0 radical (unpaired) electrons. The van der Waals surface area contributed by atoms with Gasteiger partial charge in [0.1, 0.15) is 5.57 Å². The van der Waals surface area contributed by atoms with Crippen molar-refractivity contribution >= 4 is 23.7 Å². The first-order chi connectivity index (χ1) is 19.4. The number of nitrogens with zero attached hydrogens (tertiary/aromatic N) is 2. The summed E-state index contributed by atoms with van der Waals surface area (Å²) in [5, 5.41) is 11.3. The average Bonchev–Trinajstić information content (AvgIpc) is 3.35. The highest BCUT2D eigenvalue weighted by molar-refractivity contribution is 6.19. The van der Waals surface area contributed by atoms with Gasteiger partial charge >= 0.3 is 11.9 Å². The van der Waals surface area contributed by atoms with E-state index in [0.717, 1.165) is 36.1 Å². The van der Waals surface area contributed by atoms with Crippen molar-refractivity contribution in [1.29, 1.82) is 0 Å². The molecule has 0 atom stereocenters. The fourth-order valence-electron chi connectivity index (χ4n) is 5.46. The zero-order valence-corrected chi connectivity index (χ0v) is 21.6. The molecular weight excluding hydrogens is 508 g/mol. The maximum absolute atomic E-state index is 13.2. The van der Waals surface area contributed by atoms with Crippen molar-refractivity contribution in [2.24, 2.45) is 0 Å². The Labute approximate surface area is 230 Å². The first kappa shape index (κ1) is 25.3. The number of carbonyl (C=O) groups is 2. The first-order valence-corrected chi connectivity index (χ1v) is 13.2. The third kappa shape index (κ3) is 4.68. The summed E-state index contributed by atoms with van der Waals surface area (Å²) in [7, 11) is 0. The van der Waals surface area contributed by atoms with Crippen LogP contribution in [0.4, 0.5) is 5.69 Å². The number of ether oxygens (including phenoxy) is 2. The Morgan fingerprint density at radius 3 is 1.93 bits per heavy atom. The number of benzene rings is 3. The van der Waals surface area contributed by atoms with Crippen LogP contribution in [0.15, 0.2) is 96.6 Å². The molecule has 40 heavy (non-hydrogen) atoms. The second kappa shape index (κ2) is 10.3. The minimum atomic E-state index is -1.17. The highest BCUT2D eigenvalue weighted by Crippen LogP contribution is 2.40. The Morgan fingerprint density at radius 2 is 1.35 bits per heavy atom. The zero-order valence-electron chi connectivity index (χ0n) is 21.6. The lowest BCUT2D eigenvalue weighted by Gasteiger charge is -2.38. The minimum absolute atomic E-state index is 0.0230. The predicted molar refractivity (Wildman–Crippen MR) is 149 cm³/mol. The number of aromatic nitrogens is 1. The van der Waals surface area contributed by atoms with E-state index >= 15 is 0 Å². The molecule has 4 aromatic rings. The van der Waals surface area contributed by atoms with E-state index in [0.29, 0.717) is 29.8 Å². The van der Waals surface area contributed by atoms with E-state index in [-0.39, 0.29) is 11.3 Å². The molecule has 0 amide bonds. The van der Waals surface area contributed by atoms with Crippen LogP contribution in [0.3, 0.4) is 0 Å². The first-order valence-electron chi connectivity index (χ1n) is 13.2. The molecule has 3 aromatic carbocycles. The molecule has 1 saturated heterocycles. The van der Waals surface area contributed by atoms with Gasteiger partial charge in [-0.3, -0.25) is 10.1 Å². The van der Waals surface area contributed by atoms with Gasteiger partial charge in [0.2, 0.25) is 0 Å². The van der Waals surface area contributed by atoms with Crippen molar-refractivity contribution in [3.05, 3.63) is 112 Å². The molecule has 0 bridgehead atoms. The lowest BCUT2D eigenvalue weighted by Crippen LogP contribution is -2.47. The van der Waals surface area contributed by atoms with Crippen LogP contribution in [-0.4, -0.2) is 27.2 Å². The van der Waals surface area contributed by atoms with E-state index in [1.54, 1.807) is 12.1 Å². The standard InChI is InChI=1S/C32H26N2O6/c35-30-27(31(36)40-32(39-30)18-8-3-9-19-32)20-24-21-28(22-10-4-1-5-11-22)33(29(24)23-12-6-2-7-13-23)25-14-16-26(17-15-25)34(37)38/h1-2,4-7,10-17,20-21H,3,8-9,18-19H2. The molecule has 200 valence electrons. The normalized spacial score (nSPS) is 16.4. The van der Waals surface area contributed by atoms with E-state index in [2.05, 4.69) is 0 Å². The molecule has 2 heterocycles. The molecule has 0 unspecified atom stereocenters. The maximum Gasteiger partial charge on any atom is 0.348 e. The van der Waals surface area contributed by atoms with Crippen LogP contribution in [0.5, 0.6) is 0 Å². The number of esters is 2. The molecule has 1 aromatic heterocycles. The van der Waals surface area contributed by atoms with Crippen LogP contribution >= 0.6 is 0 Å². The summed E-state index contributed by atoms with van der Waals surface area (Å²) < 4.78 is 13.4. The lowest BCUT2D eigenvalue weighted by molar-refractivity contribution is -0.384. The van der Waals surface area contributed by atoms with E-state index in [9.17, 15) is 19.7 Å². The fraction of sp³-hybridized carbons (Fsp3) is 0.188. The highest BCUT2D eigenvalue weighted by Gasteiger charge is 2.46. The molecule has 8 heteroatoms. The lowest BCUT2D eigenvalue weighted by atomic mass is 9.93. The quantitative estimate of drug-likeness (QED) is 0.0911. The molecular formula is C32H26N2O6. The summed E-state index contributed by atoms with van der Waals surface area (Å²) in [6, 6.07) is 27.4. The Kier molecular flexibility index (Phi) is 6.51. The molecule has 1 spiro atoms. The van der Waals surface area contributed by atoms with Gasteiger partial charge in [-0.25, -0.2) is 9.59 Å². The summed E-state index contributed by atoms with van der Waals surface area (Å²) in [6.07, 6.45) is 5.20. The highest BCUT2D eigenvalue weighted by atomic mass is 16.7. The Balaban J connectivity index is 1.55. The van der Waals surface area contributed by atoms with Crippen molar-refractivity contribution in [2.75, 3.05) is 0 Å². The number of hydrogen-bond donors (Lipinski definition) is 0. The third-order valence-electron chi connectivity index (χ3n) is 7.38. The summed E-state index contributed by atoms with van der Waals surface area (Å²) in [5.74, 6) is -2.56. The fourth-order valence-corrected chi connectivity index (χ4v) is 5.46. The van der Waals surface area contributed by atoms with Crippen molar-refractivity contribution in [1.82, 2.24) is 4.57 Å². The van der Waals surface area contributed by atoms with E-state index < -0.39 is 22.6 Å². The van der Waals surface area contributed by atoms with Crippen molar-refractivity contribution in [3.8, 4) is 28.2 Å². The second-order valence-corrected chi connectivity index (χ2v) is 9.98. The minimum Gasteiger partial charge on any atom is -0.419 e. The van der Waals surface area contributed by atoms with Crippen molar-refractivity contribution in [3.63, 3.8) is 0 Å². The molecule has 1 aliphatic carbocycles. The van der Waals surface area contributed by atoms with Crippen molar-refractivity contribution in [2.45, 2.75) is 37.9 Å². The van der Waals surface area contributed by atoms with Gasteiger partial charge in [-0.2, -0.15) is 0 Å². The molecule has 2 aliphatic rings. The van der Waals surface area contributed by atoms with Gasteiger partial charge < -0.3 is 14.0 Å². The van der Waals surface area contributed by atoms with Crippen LogP contribution in [0.1, 0.15) is 37.7 Å². The Morgan fingerprint density at radius 1 is 0.775 bits per heavy atom. The summed E-state index contributed by atoms with van der Waals surface area (Å²) >= 11 is 0. The molecule has 1 saturated carbocycles. The molecule has 6 rings (SSSR count). The predicted octanol–water partition coefficient (Wildman–Crippen LogP) is 6.86. The van der Waals surface area contributed by atoms with Crippen LogP contribution in [0, 0.1) is 10.1 Å². The smallest absolute Gasteiger partial charge is 0.348 e. The maximum atomic E-state index is 13.2. The molecule has 0 N–H and O–H groups in total. The van der Waals surface area contributed by atoms with Gasteiger partial charge in [-0.15, -0.1) is 0 Å². The van der Waals surface area contributed by atoms with Gasteiger partial charge in [0.25, 0.3) is 11.5 Å². The Hall–Kier alpha value is -4.98. The SMILES string of the molecule is O=C1OC2(CCCCC2)OC(=O)C1=Cc1cc(-c2ccccc2)n(-c2ccc([N+](=O)[O-])cc2)c1-c1ccccc1. The number of hydrogen-bond acceptors (Lipinski definition) is 6. The number of carbonyl (C=O) groups excluding carboxylic acids is 2. The monoisotopic (exact) mass is 534 g/mol. The summed E-state index contributed by atoms with van der Waals surface area (Å²) in [5.41, 5.74) is 4.29. The van der Waals surface area contributed by atoms with Crippen LogP contribution in [-0.2, 0) is 19.1 Å². The van der Waals surface area contributed by atoms with Gasteiger partial charge in [0.15, 0.2) is 0 Å².